The number of ether oxygens (including phenoxy) is 2. The van der Waals surface area contributed by atoms with Crippen molar-refractivity contribution in [3.63, 3.8) is 0 Å². The largest absolute Gasteiger partial charge is 0.493 e. The minimum atomic E-state index is -0.407. The fourth-order valence-corrected chi connectivity index (χ4v) is 3.08. The lowest BCUT2D eigenvalue weighted by atomic mass is 10.2. The number of carbonyl (C=O) groups is 2. The average Bonchev–Trinajstić information content (AvgIpc) is 3.06. The summed E-state index contributed by atoms with van der Waals surface area (Å²) in [5.41, 5.74) is 1.26. The maximum absolute atomic E-state index is 13.4. The quantitative estimate of drug-likeness (QED) is 0.778. The maximum atomic E-state index is 13.4. The van der Waals surface area contributed by atoms with Crippen LogP contribution < -0.4 is 19.7 Å². The van der Waals surface area contributed by atoms with Crippen LogP contribution in [0.4, 0.5) is 10.1 Å². The molecular weight excluding hydrogens is 363 g/mol. The van der Waals surface area contributed by atoms with Gasteiger partial charge >= 0.3 is 0 Å². The summed E-state index contributed by atoms with van der Waals surface area (Å²) >= 11 is 0. The van der Waals surface area contributed by atoms with E-state index in [1.165, 1.54) is 23.1 Å². The van der Waals surface area contributed by atoms with Gasteiger partial charge in [-0.05, 0) is 42.0 Å². The maximum Gasteiger partial charge on any atom is 0.244 e. The first-order valence-corrected chi connectivity index (χ1v) is 8.76. The monoisotopic (exact) mass is 384 g/mol. The summed E-state index contributed by atoms with van der Waals surface area (Å²) in [5, 5.41) is 2.81. The molecule has 1 aliphatic heterocycles. The van der Waals surface area contributed by atoms with Crippen LogP contribution in [0.2, 0.25) is 0 Å². The molecule has 2 aromatic rings. The Labute approximate surface area is 162 Å². The Kier molecular flexibility index (Phi) is 5.93. The molecule has 2 amide bonds. The minimum Gasteiger partial charge on any atom is -0.493 e. The summed E-state index contributed by atoms with van der Waals surface area (Å²) in [7, 11) is 3.09. The molecule has 2 aromatic carbocycles. The highest BCUT2D eigenvalue weighted by molar-refractivity contribution is 5.98. The van der Waals surface area contributed by atoms with Crippen molar-refractivity contribution < 1.29 is 23.5 Å². The van der Waals surface area contributed by atoms with Crippen molar-refractivity contribution in [1.82, 2.24) is 5.32 Å². The summed E-state index contributed by atoms with van der Waals surface area (Å²) in [6.45, 7) is 0.304. The van der Waals surface area contributed by atoms with E-state index in [4.69, 9.17) is 9.47 Å². The number of amides is 2. The molecule has 146 valence electrons. The van der Waals surface area contributed by atoms with Gasteiger partial charge in [0.2, 0.25) is 11.8 Å². The molecule has 0 radical (unpaired) electrons. The van der Waals surface area contributed by atoms with E-state index in [2.05, 4.69) is 5.32 Å². The standard InChI is InChI=1S/C21H21FN2O4/c1-27-18-8-6-14(10-19(18)28-2)7-9-20(25)23-16-12-21(26)24(13-16)17-5-3-4-15(22)11-17/h3-11,16H,12-13H2,1-2H3,(H,23,25)/b9-7+. The highest BCUT2D eigenvalue weighted by atomic mass is 19.1. The third-order valence-corrected chi connectivity index (χ3v) is 4.43. The van der Waals surface area contributed by atoms with Crippen LogP contribution >= 0.6 is 0 Å². The van der Waals surface area contributed by atoms with Gasteiger partial charge in [0.25, 0.3) is 0 Å². The van der Waals surface area contributed by atoms with Crippen LogP contribution in [0.1, 0.15) is 12.0 Å². The number of halogens is 1. The van der Waals surface area contributed by atoms with Gasteiger partial charge < -0.3 is 19.7 Å². The van der Waals surface area contributed by atoms with Crippen LogP contribution in [0, 0.1) is 5.82 Å². The van der Waals surface area contributed by atoms with Crippen LogP contribution in [0.15, 0.2) is 48.5 Å². The first-order chi connectivity index (χ1) is 13.5. The molecule has 1 fully saturated rings. The molecule has 1 N–H and O–H groups in total. The predicted octanol–water partition coefficient (Wildman–Crippen LogP) is 2.78. The van der Waals surface area contributed by atoms with Crippen molar-refractivity contribution >= 4 is 23.6 Å². The van der Waals surface area contributed by atoms with Gasteiger partial charge in [0, 0.05) is 24.7 Å². The molecular formula is C21H21FN2O4. The molecule has 28 heavy (non-hydrogen) atoms. The molecule has 1 unspecified atom stereocenters. The average molecular weight is 384 g/mol. The van der Waals surface area contributed by atoms with Gasteiger partial charge in [-0.2, -0.15) is 0 Å². The van der Waals surface area contributed by atoms with Crippen molar-refractivity contribution in [3.8, 4) is 11.5 Å². The molecule has 0 spiro atoms. The number of carbonyl (C=O) groups excluding carboxylic acids is 2. The summed E-state index contributed by atoms with van der Waals surface area (Å²) in [5.74, 6) is 0.298. The van der Waals surface area contributed by atoms with Gasteiger partial charge in [-0.15, -0.1) is 0 Å². The highest BCUT2D eigenvalue weighted by Gasteiger charge is 2.31. The molecule has 1 aliphatic rings. The normalized spacial score (nSPS) is 16.5. The zero-order chi connectivity index (χ0) is 20.1. The van der Waals surface area contributed by atoms with E-state index in [0.29, 0.717) is 23.7 Å². The lowest BCUT2D eigenvalue weighted by molar-refractivity contribution is -0.117. The number of nitrogens with zero attached hydrogens (tertiary/aromatic N) is 1. The Morgan fingerprint density at radius 2 is 1.96 bits per heavy atom. The smallest absolute Gasteiger partial charge is 0.244 e. The van der Waals surface area contributed by atoms with Gasteiger partial charge in [0.1, 0.15) is 5.82 Å². The van der Waals surface area contributed by atoms with E-state index in [-0.39, 0.29) is 24.3 Å². The molecule has 6 nitrogen and oxygen atoms in total. The number of hydrogen-bond donors (Lipinski definition) is 1. The SMILES string of the molecule is COc1ccc(/C=C/C(=O)NC2CC(=O)N(c3cccc(F)c3)C2)cc1OC. The number of hydrogen-bond acceptors (Lipinski definition) is 4. The molecule has 7 heteroatoms. The van der Waals surface area contributed by atoms with Crippen LogP contribution in [0.25, 0.3) is 6.08 Å². The Morgan fingerprint density at radius 3 is 2.68 bits per heavy atom. The van der Waals surface area contributed by atoms with E-state index in [0.717, 1.165) is 5.56 Å². The number of methoxy groups -OCH3 is 2. The number of rotatable bonds is 6. The zero-order valence-electron chi connectivity index (χ0n) is 15.6. The third kappa shape index (κ3) is 4.49. The van der Waals surface area contributed by atoms with Crippen molar-refractivity contribution in [2.75, 3.05) is 25.7 Å². The van der Waals surface area contributed by atoms with Crippen LogP contribution in [-0.2, 0) is 9.59 Å². The molecule has 1 heterocycles. The first-order valence-electron chi connectivity index (χ1n) is 8.76. The lowest BCUT2D eigenvalue weighted by Crippen LogP contribution is -2.36. The van der Waals surface area contributed by atoms with Gasteiger partial charge in [0.05, 0.1) is 20.3 Å². The van der Waals surface area contributed by atoms with Crippen LogP contribution in [0.5, 0.6) is 11.5 Å². The van der Waals surface area contributed by atoms with Gasteiger partial charge in [-0.25, -0.2) is 4.39 Å². The van der Waals surface area contributed by atoms with Crippen molar-refractivity contribution in [2.24, 2.45) is 0 Å². The Morgan fingerprint density at radius 1 is 1.18 bits per heavy atom. The summed E-state index contributed by atoms with van der Waals surface area (Å²) in [6.07, 6.45) is 3.22. The first kappa shape index (κ1) is 19.4. The molecule has 0 aliphatic carbocycles. The van der Waals surface area contributed by atoms with Crippen LogP contribution in [0.3, 0.4) is 0 Å². The predicted molar refractivity (Wildman–Crippen MR) is 104 cm³/mol. The highest BCUT2D eigenvalue weighted by Crippen LogP contribution is 2.28. The second kappa shape index (κ2) is 8.56. The lowest BCUT2D eigenvalue weighted by Gasteiger charge is -2.17. The van der Waals surface area contributed by atoms with Gasteiger partial charge in [-0.1, -0.05) is 12.1 Å². The summed E-state index contributed by atoms with van der Waals surface area (Å²) < 4.78 is 23.8. The molecule has 1 atom stereocenters. The zero-order valence-corrected chi connectivity index (χ0v) is 15.6. The molecule has 3 rings (SSSR count). The Bertz CT molecular complexity index is 913. The van der Waals surface area contributed by atoms with E-state index in [9.17, 15) is 14.0 Å². The molecule has 0 bridgehead atoms. The topological polar surface area (TPSA) is 67.9 Å². The van der Waals surface area contributed by atoms with Crippen LogP contribution in [-0.4, -0.2) is 38.6 Å². The van der Waals surface area contributed by atoms with Crippen molar-refractivity contribution in [2.45, 2.75) is 12.5 Å². The number of anilines is 1. The Balaban J connectivity index is 1.61. The second-order valence-electron chi connectivity index (χ2n) is 6.34. The fourth-order valence-electron chi connectivity index (χ4n) is 3.08. The Hall–Kier alpha value is -3.35. The van der Waals surface area contributed by atoms with E-state index < -0.39 is 5.82 Å². The number of nitrogens with one attached hydrogen (secondary N) is 1. The summed E-state index contributed by atoms with van der Waals surface area (Å²) in [4.78, 5) is 25.9. The fraction of sp³-hybridized carbons (Fsp3) is 0.238. The van der Waals surface area contributed by atoms with Crippen molar-refractivity contribution in [1.29, 1.82) is 0 Å². The van der Waals surface area contributed by atoms with Gasteiger partial charge in [-0.3, -0.25) is 9.59 Å². The summed E-state index contributed by atoms with van der Waals surface area (Å²) in [6, 6.07) is 10.8. The number of benzene rings is 2. The molecule has 1 saturated heterocycles. The van der Waals surface area contributed by atoms with E-state index in [1.807, 2.05) is 0 Å². The van der Waals surface area contributed by atoms with Gasteiger partial charge in [0.15, 0.2) is 11.5 Å². The molecule has 0 saturated carbocycles. The minimum absolute atomic E-state index is 0.153. The molecule has 0 aromatic heterocycles. The third-order valence-electron chi connectivity index (χ3n) is 4.43. The second-order valence-corrected chi connectivity index (χ2v) is 6.34. The van der Waals surface area contributed by atoms with E-state index >= 15 is 0 Å². The van der Waals surface area contributed by atoms with Crippen molar-refractivity contribution in [3.05, 3.63) is 59.9 Å². The van der Waals surface area contributed by atoms with E-state index in [1.54, 1.807) is 50.6 Å².